The van der Waals surface area contributed by atoms with E-state index in [0.717, 1.165) is 6.20 Å². The van der Waals surface area contributed by atoms with E-state index in [0.29, 0.717) is 15.9 Å². The lowest BCUT2D eigenvalue weighted by atomic mass is 10.2. The first-order valence-corrected chi connectivity index (χ1v) is 4.33. The van der Waals surface area contributed by atoms with Crippen LogP contribution in [0.15, 0.2) is 30.6 Å². The second kappa shape index (κ2) is 3.63. The minimum atomic E-state index is -0.383. The van der Waals surface area contributed by atoms with Gasteiger partial charge in [-0.3, -0.25) is 10.1 Å². The van der Waals surface area contributed by atoms with Crippen molar-refractivity contribution >= 4 is 12.2 Å². The van der Waals surface area contributed by atoms with Crippen molar-refractivity contribution in [1.82, 2.24) is 15.2 Å². The molecule has 0 aliphatic heterocycles. The van der Waals surface area contributed by atoms with Crippen molar-refractivity contribution in [2.75, 3.05) is 0 Å². The summed E-state index contributed by atoms with van der Waals surface area (Å²) in [5.41, 5.74) is 1.24. The molecular formula is C9H6FN3S. The van der Waals surface area contributed by atoms with Crippen LogP contribution in [-0.2, 0) is 0 Å². The van der Waals surface area contributed by atoms with Gasteiger partial charge in [0.05, 0.1) is 11.9 Å². The summed E-state index contributed by atoms with van der Waals surface area (Å²) in [7, 11) is 0. The Morgan fingerprint density at radius 3 is 2.79 bits per heavy atom. The van der Waals surface area contributed by atoms with Gasteiger partial charge in [0.1, 0.15) is 10.5 Å². The highest BCUT2D eigenvalue weighted by Crippen LogP contribution is 2.14. The van der Waals surface area contributed by atoms with Crippen LogP contribution in [0.5, 0.6) is 0 Å². The zero-order chi connectivity index (χ0) is 9.97. The van der Waals surface area contributed by atoms with E-state index in [-0.39, 0.29) is 5.82 Å². The fourth-order valence-corrected chi connectivity index (χ4v) is 1.17. The molecule has 2 aromatic heterocycles. The SMILES string of the molecule is Fc1cncc(-c2ccc(=S)[nH]n2)c1. The average molecular weight is 207 g/mol. The van der Waals surface area contributed by atoms with Gasteiger partial charge in [-0.25, -0.2) is 4.39 Å². The zero-order valence-electron chi connectivity index (χ0n) is 7.07. The first-order valence-electron chi connectivity index (χ1n) is 3.92. The molecule has 2 heterocycles. The van der Waals surface area contributed by atoms with E-state index in [1.807, 2.05) is 0 Å². The number of hydrogen-bond acceptors (Lipinski definition) is 3. The Bertz CT molecular complexity index is 489. The van der Waals surface area contributed by atoms with Crippen LogP contribution < -0.4 is 0 Å². The second-order valence-electron chi connectivity index (χ2n) is 2.70. The number of nitrogens with zero attached hydrogens (tertiary/aromatic N) is 2. The van der Waals surface area contributed by atoms with Gasteiger partial charge >= 0.3 is 0 Å². The predicted molar refractivity (Wildman–Crippen MR) is 52.6 cm³/mol. The van der Waals surface area contributed by atoms with Crippen molar-refractivity contribution < 1.29 is 4.39 Å². The Labute approximate surface area is 84.6 Å². The van der Waals surface area contributed by atoms with Crippen LogP contribution in [-0.4, -0.2) is 15.2 Å². The molecule has 0 atom stereocenters. The number of nitrogens with one attached hydrogen (secondary N) is 1. The van der Waals surface area contributed by atoms with E-state index in [9.17, 15) is 4.39 Å². The van der Waals surface area contributed by atoms with Gasteiger partial charge < -0.3 is 0 Å². The first-order chi connectivity index (χ1) is 6.75. The summed E-state index contributed by atoms with van der Waals surface area (Å²) in [5.74, 6) is -0.383. The zero-order valence-corrected chi connectivity index (χ0v) is 7.88. The van der Waals surface area contributed by atoms with E-state index in [4.69, 9.17) is 12.2 Å². The molecule has 0 aliphatic rings. The molecule has 0 aliphatic carbocycles. The van der Waals surface area contributed by atoms with Crippen LogP contribution in [0.3, 0.4) is 0 Å². The smallest absolute Gasteiger partial charge is 0.142 e. The maximum atomic E-state index is 12.8. The van der Waals surface area contributed by atoms with Gasteiger partial charge in [0.2, 0.25) is 0 Å². The molecule has 0 saturated carbocycles. The highest BCUT2D eigenvalue weighted by Gasteiger charge is 2.00. The Morgan fingerprint density at radius 1 is 1.29 bits per heavy atom. The lowest BCUT2D eigenvalue weighted by Gasteiger charge is -1.98. The molecule has 1 N–H and O–H groups in total. The molecule has 0 fully saturated rings. The number of H-pyrrole nitrogens is 1. The normalized spacial score (nSPS) is 10.1. The fraction of sp³-hybridized carbons (Fsp3) is 0. The molecule has 0 amide bonds. The van der Waals surface area contributed by atoms with Crippen LogP contribution in [0, 0.1) is 10.5 Å². The highest BCUT2D eigenvalue weighted by atomic mass is 32.1. The molecule has 14 heavy (non-hydrogen) atoms. The largest absolute Gasteiger partial charge is 0.267 e. The summed E-state index contributed by atoms with van der Waals surface area (Å²) in [6.07, 6.45) is 2.69. The van der Waals surface area contributed by atoms with Crippen molar-refractivity contribution in [1.29, 1.82) is 0 Å². The summed E-state index contributed by atoms with van der Waals surface area (Å²) < 4.78 is 13.4. The maximum absolute atomic E-state index is 12.8. The quantitative estimate of drug-likeness (QED) is 0.730. The van der Waals surface area contributed by atoms with Gasteiger partial charge in [-0.1, -0.05) is 12.2 Å². The predicted octanol–water partition coefficient (Wildman–Crippen LogP) is 2.34. The van der Waals surface area contributed by atoms with Gasteiger partial charge in [0.15, 0.2) is 0 Å². The van der Waals surface area contributed by atoms with Crippen LogP contribution in [0.25, 0.3) is 11.3 Å². The molecular weight excluding hydrogens is 201 g/mol. The van der Waals surface area contributed by atoms with Gasteiger partial charge in [-0.2, -0.15) is 5.10 Å². The van der Waals surface area contributed by atoms with Crippen molar-refractivity contribution in [3.63, 3.8) is 0 Å². The lowest BCUT2D eigenvalue weighted by Crippen LogP contribution is -1.88. The van der Waals surface area contributed by atoms with E-state index >= 15 is 0 Å². The minimum absolute atomic E-state index is 0.383. The van der Waals surface area contributed by atoms with Gasteiger partial charge in [0.25, 0.3) is 0 Å². The number of rotatable bonds is 1. The number of hydrogen-bond donors (Lipinski definition) is 1. The Kier molecular flexibility index (Phi) is 2.32. The second-order valence-corrected chi connectivity index (χ2v) is 3.14. The van der Waals surface area contributed by atoms with Crippen LogP contribution in [0.1, 0.15) is 0 Å². The van der Waals surface area contributed by atoms with E-state index in [2.05, 4.69) is 15.2 Å². The fourth-order valence-electron chi connectivity index (χ4n) is 1.06. The number of halogens is 1. The monoisotopic (exact) mass is 207 g/mol. The number of aromatic amines is 1. The van der Waals surface area contributed by atoms with Crippen LogP contribution in [0.4, 0.5) is 4.39 Å². The molecule has 0 bridgehead atoms. The molecule has 70 valence electrons. The molecule has 0 unspecified atom stereocenters. The average Bonchev–Trinajstić information content (AvgIpc) is 2.19. The van der Waals surface area contributed by atoms with Crippen LogP contribution in [0.2, 0.25) is 0 Å². The minimum Gasteiger partial charge on any atom is -0.267 e. The van der Waals surface area contributed by atoms with E-state index < -0.39 is 0 Å². The molecule has 3 nitrogen and oxygen atoms in total. The molecule has 0 aromatic carbocycles. The third-order valence-electron chi connectivity index (χ3n) is 1.68. The van der Waals surface area contributed by atoms with Gasteiger partial charge in [-0.15, -0.1) is 0 Å². The van der Waals surface area contributed by atoms with E-state index in [1.54, 1.807) is 18.3 Å². The highest BCUT2D eigenvalue weighted by molar-refractivity contribution is 7.71. The number of aromatic nitrogens is 3. The first kappa shape index (κ1) is 8.96. The van der Waals surface area contributed by atoms with Crippen molar-refractivity contribution in [2.24, 2.45) is 0 Å². The summed E-state index contributed by atoms with van der Waals surface area (Å²) in [6.45, 7) is 0. The standard InChI is InChI=1S/C9H6FN3S/c10-7-3-6(4-11-5-7)8-1-2-9(14)13-12-8/h1-5H,(H,13,14). The van der Waals surface area contributed by atoms with Gasteiger partial charge in [0, 0.05) is 11.8 Å². The van der Waals surface area contributed by atoms with Crippen molar-refractivity contribution in [3.05, 3.63) is 41.1 Å². The Morgan fingerprint density at radius 2 is 2.14 bits per heavy atom. The molecule has 0 spiro atoms. The van der Waals surface area contributed by atoms with Crippen molar-refractivity contribution in [3.8, 4) is 11.3 Å². The van der Waals surface area contributed by atoms with Crippen molar-refractivity contribution in [2.45, 2.75) is 0 Å². The molecule has 0 saturated heterocycles. The van der Waals surface area contributed by atoms with Crippen LogP contribution >= 0.6 is 12.2 Å². The number of pyridine rings is 1. The Balaban J connectivity index is 2.49. The molecule has 2 rings (SSSR count). The molecule has 2 aromatic rings. The summed E-state index contributed by atoms with van der Waals surface area (Å²) >= 11 is 4.84. The molecule has 5 heteroatoms. The summed E-state index contributed by atoms with van der Waals surface area (Å²) in [4.78, 5) is 3.73. The Hall–Kier alpha value is -1.62. The van der Waals surface area contributed by atoms with E-state index in [1.165, 1.54) is 6.07 Å². The summed E-state index contributed by atoms with van der Waals surface area (Å²) in [6, 6.07) is 4.78. The summed E-state index contributed by atoms with van der Waals surface area (Å²) in [5, 5.41) is 6.59. The third-order valence-corrected chi connectivity index (χ3v) is 1.91. The molecule has 0 radical (unpaired) electrons. The topological polar surface area (TPSA) is 41.6 Å². The maximum Gasteiger partial charge on any atom is 0.142 e. The third kappa shape index (κ3) is 1.82. The van der Waals surface area contributed by atoms with Gasteiger partial charge in [-0.05, 0) is 18.2 Å². The lowest BCUT2D eigenvalue weighted by molar-refractivity contribution is 0.622.